The SMILES string of the molecule is C[C@H](NCC(=O)NC(C)(C)C)C1CCCCCC1. The molecule has 1 aliphatic rings. The lowest BCUT2D eigenvalue weighted by Gasteiger charge is -2.25. The summed E-state index contributed by atoms with van der Waals surface area (Å²) < 4.78 is 0. The highest BCUT2D eigenvalue weighted by Gasteiger charge is 2.20. The Hall–Kier alpha value is -0.570. The molecule has 0 aromatic rings. The van der Waals surface area contributed by atoms with E-state index in [1.54, 1.807) is 0 Å². The molecule has 2 N–H and O–H groups in total. The molecule has 3 heteroatoms. The van der Waals surface area contributed by atoms with Crippen LogP contribution in [0.2, 0.25) is 0 Å². The number of carbonyl (C=O) groups is 1. The van der Waals surface area contributed by atoms with Crippen molar-refractivity contribution < 1.29 is 4.79 Å². The maximum atomic E-state index is 11.7. The maximum Gasteiger partial charge on any atom is 0.234 e. The second kappa shape index (κ2) is 7.13. The van der Waals surface area contributed by atoms with Gasteiger partial charge in [-0.3, -0.25) is 4.79 Å². The first-order chi connectivity index (χ1) is 8.38. The van der Waals surface area contributed by atoms with Gasteiger partial charge in [0.1, 0.15) is 0 Å². The first-order valence-corrected chi connectivity index (χ1v) is 7.43. The molecule has 106 valence electrons. The van der Waals surface area contributed by atoms with Crippen LogP contribution in [0.5, 0.6) is 0 Å². The van der Waals surface area contributed by atoms with Crippen molar-refractivity contribution in [2.24, 2.45) is 5.92 Å². The van der Waals surface area contributed by atoms with Crippen LogP contribution < -0.4 is 10.6 Å². The Balaban J connectivity index is 2.27. The predicted octanol–water partition coefficient (Wildman–Crippen LogP) is 2.85. The minimum Gasteiger partial charge on any atom is -0.350 e. The lowest BCUT2D eigenvalue weighted by atomic mass is 9.93. The fourth-order valence-corrected chi connectivity index (χ4v) is 2.69. The average Bonchev–Trinajstić information content (AvgIpc) is 2.52. The second-order valence-corrected chi connectivity index (χ2v) is 6.72. The van der Waals surface area contributed by atoms with Gasteiger partial charge in [-0.2, -0.15) is 0 Å². The van der Waals surface area contributed by atoms with Gasteiger partial charge in [0.2, 0.25) is 5.91 Å². The Bertz CT molecular complexity index is 250. The van der Waals surface area contributed by atoms with Gasteiger partial charge in [0, 0.05) is 11.6 Å². The quantitative estimate of drug-likeness (QED) is 0.757. The molecule has 0 heterocycles. The third kappa shape index (κ3) is 6.39. The van der Waals surface area contributed by atoms with E-state index >= 15 is 0 Å². The summed E-state index contributed by atoms with van der Waals surface area (Å²) in [6.07, 6.45) is 8.10. The molecule has 0 bridgehead atoms. The number of hydrogen-bond donors (Lipinski definition) is 2. The Kier molecular flexibility index (Phi) is 6.13. The zero-order valence-electron chi connectivity index (χ0n) is 12.5. The van der Waals surface area contributed by atoms with E-state index in [1.165, 1.54) is 38.5 Å². The Labute approximate surface area is 112 Å². The van der Waals surface area contributed by atoms with Crippen LogP contribution in [-0.2, 0) is 4.79 Å². The molecule has 0 unspecified atom stereocenters. The zero-order valence-corrected chi connectivity index (χ0v) is 12.5. The molecule has 0 aromatic carbocycles. The zero-order chi connectivity index (χ0) is 13.6. The van der Waals surface area contributed by atoms with Crippen LogP contribution in [0.3, 0.4) is 0 Å². The van der Waals surface area contributed by atoms with Crippen LogP contribution in [0.1, 0.15) is 66.2 Å². The van der Waals surface area contributed by atoms with Crippen molar-refractivity contribution >= 4 is 5.91 Å². The van der Waals surface area contributed by atoms with Crippen molar-refractivity contribution in [3.05, 3.63) is 0 Å². The molecule has 0 spiro atoms. The first-order valence-electron chi connectivity index (χ1n) is 7.43. The van der Waals surface area contributed by atoms with Gasteiger partial charge in [-0.05, 0) is 46.5 Å². The van der Waals surface area contributed by atoms with E-state index in [0.717, 1.165) is 5.92 Å². The van der Waals surface area contributed by atoms with E-state index in [9.17, 15) is 4.79 Å². The molecular formula is C15H30N2O. The van der Waals surface area contributed by atoms with Gasteiger partial charge in [0.05, 0.1) is 6.54 Å². The maximum absolute atomic E-state index is 11.7. The van der Waals surface area contributed by atoms with Crippen molar-refractivity contribution in [1.29, 1.82) is 0 Å². The standard InChI is InChI=1S/C15H30N2O/c1-12(13-9-7-5-6-8-10-13)16-11-14(18)17-15(2,3)4/h12-13,16H,5-11H2,1-4H3,(H,17,18)/t12-/m0/s1. The van der Waals surface area contributed by atoms with E-state index in [4.69, 9.17) is 0 Å². The highest BCUT2D eigenvalue weighted by molar-refractivity contribution is 5.78. The second-order valence-electron chi connectivity index (χ2n) is 6.72. The summed E-state index contributed by atoms with van der Waals surface area (Å²) in [5.41, 5.74) is -0.135. The lowest BCUT2D eigenvalue weighted by Crippen LogP contribution is -2.47. The summed E-state index contributed by atoms with van der Waals surface area (Å²) in [7, 11) is 0. The van der Waals surface area contributed by atoms with Gasteiger partial charge in [-0.25, -0.2) is 0 Å². The summed E-state index contributed by atoms with van der Waals surface area (Å²) in [5.74, 6) is 0.845. The Morgan fingerprint density at radius 3 is 2.22 bits per heavy atom. The molecule has 0 aromatic heterocycles. The normalized spacial score (nSPS) is 20.2. The van der Waals surface area contributed by atoms with Crippen LogP contribution in [0.25, 0.3) is 0 Å². The smallest absolute Gasteiger partial charge is 0.234 e. The molecule has 1 atom stereocenters. The van der Waals surface area contributed by atoms with Gasteiger partial charge < -0.3 is 10.6 Å². The van der Waals surface area contributed by atoms with Crippen LogP contribution in [0.4, 0.5) is 0 Å². The first kappa shape index (κ1) is 15.5. The van der Waals surface area contributed by atoms with Crippen molar-refractivity contribution in [2.75, 3.05) is 6.54 Å². The fourth-order valence-electron chi connectivity index (χ4n) is 2.69. The third-order valence-electron chi connectivity index (χ3n) is 3.71. The molecule has 3 nitrogen and oxygen atoms in total. The molecule has 0 saturated heterocycles. The molecule has 1 aliphatic carbocycles. The van der Waals surface area contributed by atoms with Crippen LogP contribution >= 0.6 is 0 Å². The highest BCUT2D eigenvalue weighted by Crippen LogP contribution is 2.25. The lowest BCUT2D eigenvalue weighted by molar-refractivity contribution is -0.121. The highest BCUT2D eigenvalue weighted by atomic mass is 16.2. The van der Waals surface area contributed by atoms with E-state index in [1.807, 2.05) is 20.8 Å². The van der Waals surface area contributed by atoms with Gasteiger partial charge in [0.25, 0.3) is 0 Å². The summed E-state index contributed by atoms with van der Waals surface area (Å²) in [4.78, 5) is 11.7. The van der Waals surface area contributed by atoms with Gasteiger partial charge >= 0.3 is 0 Å². The van der Waals surface area contributed by atoms with E-state index < -0.39 is 0 Å². The third-order valence-corrected chi connectivity index (χ3v) is 3.71. The molecule has 1 fully saturated rings. The minimum atomic E-state index is -0.135. The molecule has 18 heavy (non-hydrogen) atoms. The summed E-state index contributed by atoms with van der Waals surface area (Å²) in [6, 6.07) is 0.453. The molecule has 1 rings (SSSR count). The summed E-state index contributed by atoms with van der Waals surface area (Å²) in [5, 5.41) is 6.38. The van der Waals surface area contributed by atoms with Gasteiger partial charge in [-0.15, -0.1) is 0 Å². The monoisotopic (exact) mass is 254 g/mol. The average molecular weight is 254 g/mol. The molecular weight excluding hydrogens is 224 g/mol. The molecule has 0 radical (unpaired) electrons. The summed E-state index contributed by atoms with van der Waals surface area (Å²) >= 11 is 0. The largest absolute Gasteiger partial charge is 0.350 e. The molecule has 0 aliphatic heterocycles. The van der Waals surface area contributed by atoms with Crippen LogP contribution in [-0.4, -0.2) is 24.0 Å². The van der Waals surface area contributed by atoms with E-state index in [2.05, 4.69) is 17.6 Å². The molecule has 1 saturated carbocycles. The van der Waals surface area contributed by atoms with Crippen LogP contribution in [0, 0.1) is 5.92 Å². The number of rotatable bonds is 4. The number of carbonyl (C=O) groups excluding carboxylic acids is 1. The van der Waals surface area contributed by atoms with Crippen molar-refractivity contribution in [3.63, 3.8) is 0 Å². The van der Waals surface area contributed by atoms with Crippen molar-refractivity contribution in [1.82, 2.24) is 10.6 Å². The van der Waals surface area contributed by atoms with Crippen molar-refractivity contribution in [2.45, 2.75) is 77.8 Å². The van der Waals surface area contributed by atoms with E-state index in [0.29, 0.717) is 12.6 Å². The minimum absolute atomic E-state index is 0.1000. The van der Waals surface area contributed by atoms with Crippen LogP contribution in [0.15, 0.2) is 0 Å². The molecule has 1 amide bonds. The number of hydrogen-bond acceptors (Lipinski definition) is 2. The summed E-state index contributed by atoms with van der Waals surface area (Å²) in [6.45, 7) is 8.70. The van der Waals surface area contributed by atoms with E-state index in [-0.39, 0.29) is 11.4 Å². The number of amides is 1. The predicted molar refractivity (Wildman–Crippen MR) is 76.6 cm³/mol. The number of nitrogens with one attached hydrogen (secondary N) is 2. The Morgan fingerprint density at radius 1 is 1.17 bits per heavy atom. The fraction of sp³-hybridized carbons (Fsp3) is 0.933. The topological polar surface area (TPSA) is 41.1 Å². The van der Waals surface area contributed by atoms with Crippen molar-refractivity contribution in [3.8, 4) is 0 Å². The van der Waals surface area contributed by atoms with Gasteiger partial charge in [-0.1, -0.05) is 25.7 Å². The Morgan fingerprint density at radius 2 is 1.72 bits per heavy atom. The van der Waals surface area contributed by atoms with Gasteiger partial charge in [0.15, 0.2) is 0 Å².